The van der Waals surface area contributed by atoms with Crippen LogP contribution in [0.25, 0.3) is 0 Å². The van der Waals surface area contributed by atoms with E-state index in [0.717, 1.165) is 17.7 Å². The lowest BCUT2D eigenvalue weighted by atomic mass is 10.1. The van der Waals surface area contributed by atoms with Crippen LogP contribution < -0.4 is 4.74 Å². The summed E-state index contributed by atoms with van der Waals surface area (Å²) >= 11 is 0. The highest BCUT2D eigenvalue weighted by atomic mass is 16.5. The molecule has 0 saturated carbocycles. The van der Waals surface area contributed by atoms with Crippen molar-refractivity contribution in [3.05, 3.63) is 64.7 Å². The van der Waals surface area contributed by atoms with Crippen LogP contribution >= 0.6 is 0 Å². The van der Waals surface area contributed by atoms with Crippen LogP contribution in [0.2, 0.25) is 0 Å². The molecule has 0 spiro atoms. The molecule has 0 amide bonds. The zero-order chi connectivity index (χ0) is 13.7. The van der Waals surface area contributed by atoms with Crippen LogP contribution in [0.3, 0.4) is 0 Å². The normalized spacial score (nSPS) is 9.95. The van der Waals surface area contributed by atoms with E-state index in [1.807, 2.05) is 24.3 Å². The van der Waals surface area contributed by atoms with Gasteiger partial charge in [0, 0.05) is 6.42 Å². The van der Waals surface area contributed by atoms with Crippen molar-refractivity contribution in [3.63, 3.8) is 0 Å². The number of benzene rings is 2. The third kappa shape index (κ3) is 3.59. The predicted molar refractivity (Wildman–Crippen MR) is 76.3 cm³/mol. The quantitative estimate of drug-likeness (QED) is 0.828. The minimum absolute atomic E-state index is 0.649. The first-order valence-electron chi connectivity index (χ1n) is 6.38. The van der Waals surface area contributed by atoms with Gasteiger partial charge >= 0.3 is 0 Å². The average molecular weight is 251 g/mol. The summed E-state index contributed by atoms with van der Waals surface area (Å²) in [4.78, 5) is 0. The smallest absolute Gasteiger partial charge is 0.122 e. The number of nitrogens with zero attached hydrogens (tertiary/aromatic N) is 1. The van der Waals surface area contributed by atoms with E-state index in [2.05, 4.69) is 38.1 Å². The number of nitriles is 1. The van der Waals surface area contributed by atoms with E-state index in [4.69, 9.17) is 10.00 Å². The van der Waals surface area contributed by atoms with Crippen molar-refractivity contribution in [3.8, 4) is 11.8 Å². The van der Waals surface area contributed by atoms with E-state index in [9.17, 15) is 0 Å². The Kier molecular flexibility index (Phi) is 4.20. The number of hydrogen-bond acceptors (Lipinski definition) is 2. The first-order chi connectivity index (χ1) is 9.19. The maximum atomic E-state index is 8.74. The molecule has 0 aliphatic heterocycles. The molecule has 19 heavy (non-hydrogen) atoms. The molecule has 96 valence electrons. The van der Waals surface area contributed by atoms with Crippen LogP contribution in [0.4, 0.5) is 0 Å². The molecule has 2 aromatic rings. The molecule has 0 N–H and O–H groups in total. The Morgan fingerprint density at radius 2 is 1.79 bits per heavy atom. The molecule has 0 fully saturated rings. The Bertz CT molecular complexity index is 594. The highest BCUT2D eigenvalue weighted by molar-refractivity contribution is 5.36. The Morgan fingerprint density at radius 1 is 1.05 bits per heavy atom. The Balaban J connectivity index is 1.92. The van der Waals surface area contributed by atoms with Gasteiger partial charge in [0.15, 0.2) is 0 Å². The van der Waals surface area contributed by atoms with Crippen molar-refractivity contribution in [2.75, 3.05) is 6.61 Å². The molecule has 2 heteroatoms. The van der Waals surface area contributed by atoms with Gasteiger partial charge in [-0.25, -0.2) is 0 Å². The van der Waals surface area contributed by atoms with Crippen LogP contribution in [0.1, 0.15) is 22.3 Å². The van der Waals surface area contributed by atoms with Crippen LogP contribution in [-0.2, 0) is 6.42 Å². The predicted octanol–water partition coefficient (Wildman–Crippen LogP) is 3.80. The fourth-order valence-electron chi connectivity index (χ4n) is 1.89. The molecule has 2 aromatic carbocycles. The van der Waals surface area contributed by atoms with Gasteiger partial charge in [-0.2, -0.15) is 5.26 Å². The molecule has 0 unspecified atom stereocenters. The van der Waals surface area contributed by atoms with Gasteiger partial charge in [0.25, 0.3) is 0 Å². The summed E-state index contributed by atoms with van der Waals surface area (Å²) < 4.78 is 5.81. The van der Waals surface area contributed by atoms with E-state index in [0.29, 0.717) is 12.2 Å². The third-order valence-corrected chi connectivity index (χ3v) is 3.07. The van der Waals surface area contributed by atoms with E-state index < -0.39 is 0 Å². The second kappa shape index (κ2) is 6.06. The molecule has 0 heterocycles. The van der Waals surface area contributed by atoms with Crippen molar-refractivity contribution in [2.24, 2.45) is 0 Å². The molecule has 0 bridgehead atoms. The average Bonchev–Trinajstić information content (AvgIpc) is 2.43. The van der Waals surface area contributed by atoms with E-state index in [1.54, 1.807) is 0 Å². The first-order valence-corrected chi connectivity index (χ1v) is 6.38. The summed E-state index contributed by atoms with van der Waals surface area (Å²) in [5.41, 5.74) is 4.24. The highest BCUT2D eigenvalue weighted by Crippen LogP contribution is 2.19. The Labute approximate surface area is 114 Å². The lowest BCUT2D eigenvalue weighted by molar-refractivity contribution is 0.319. The summed E-state index contributed by atoms with van der Waals surface area (Å²) in [5, 5.41) is 8.74. The van der Waals surface area contributed by atoms with E-state index >= 15 is 0 Å². The minimum Gasteiger partial charge on any atom is -0.493 e. The van der Waals surface area contributed by atoms with E-state index in [-0.39, 0.29) is 0 Å². The first kappa shape index (κ1) is 13.2. The van der Waals surface area contributed by atoms with Crippen molar-refractivity contribution in [1.82, 2.24) is 0 Å². The molecule has 0 saturated heterocycles. The fraction of sp³-hybridized carbons (Fsp3) is 0.235. The summed E-state index contributed by atoms with van der Waals surface area (Å²) in [7, 11) is 0. The lowest BCUT2D eigenvalue weighted by Gasteiger charge is -2.10. The topological polar surface area (TPSA) is 33.0 Å². The Morgan fingerprint density at radius 3 is 2.47 bits per heavy atom. The van der Waals surface area contributed by atoms with Gasteiger partial charge in [-0.1, -0.05) is 24.3 Å². The summed E-state index contributed by atoms with van der Waals surface area (Å²) in [6.07, 6.45) is 0.846. The summed E-state index contributed by atoms with van der Waals surface area (Å²) in [5.74, 6) is 0.952. The van der Waals surface area contributed by atoms with Gasteiger partial charge in [-0.15, -0.1) is 0 Å². The molecule has 0 aliphatic rings. The van der Waals surface area contributed by atoms with Gasteiger partial charge in [0.2, 0.25) is 0 Å². The van der Waals surface area contributed by atoms with Crippen molar-refractivity contribution >= 4 is 0 Å². The summed E-state index contributed by atoms with van der Waals surface area (Å²) in [6, 6.07) is 16.0. The molecule has 0 atom stereocenters. The number of ether oxygens (including phenoxy) is 1. The molecule has 0 aliphatic carbocycles. The zero-order valence-electron chi connectivity index (χ0n) is 11.3. The monoisotopic (exact) mass is 251 g/mol. The molecule has 0 aromatic heterocycles. The fourth-order valence-corrected chi connectivity index (χ4v) is 1.89. The number of rotatable bonds is 4. The molecule has 2 nitrogen and oxygen atoms in total. The zero-order valence-corrected chi connectivity index (χ0v) is 11.3. The van der Waals surface area contributed by atoms with Gasteiger partial charge in [-0.05, 0) is 48.7 Å². The highest BCUT2D eigenvalue weighted by Gasteiger charge is 2.00. The van der Waals surface area contributed by atoms with Gasteiger partial charge in [0.05, 0.1) is 18.2 Å². The molecule has 0 radical (unpaired) electrons. The molecule has 2 rings (SSSR count). The van der Waals surface area contributed by atoms with E-state index in [1.165, 1.54) is 11.1 Å². The second-order valence-corrected chi connectivity index (χ2v) is 4.68. The number of aryl methyl sites for hydroxylation is 2. The van der Waals surface area contributed by atoms with Crippen LogP contribution in [0.15, 0.2) is 42.5 Å². The minimum atomic E-state index is 0.649. The van der Waals surface area contributed by atoms with Crippen LogP contribution in [0, 0.1) is 25.2 Å². The third-order valence-electron chi connectivity index (χ3n) is 3.07. The van der Waals surface area contributed by atoms with Crippen molar-refractivity contribution < 1.29 is 4.74 Å². The van der Waals surface area contributed by atoms with Gasteiger partial charge in [-0.3, -0.25) is 0 Å². The molecular weight excluding hydrogens is 234 g/mol. The summed E-state index contributed by atoms with van der Waals surface area (Å²) in [6.45, 7) is 4.76. The second-order valence-electron chi connectivity index (χ2n) is 4.68. The largest absolute Gasteiger partial charge is 0.493 e. The maximum absolute atomic E-state index is 8.74. The van der Waals surface area contributed by atoms with Gasteiger partial charge in [0.1, 0.15) is 5.75 Å². The van der Waals surface area contributed by atoms with Crippen molar-refractivity contribution in [2.45, 2.75) is 20.3 Å². The lowest BCUT2D eigenvalue weighted by Crippen LogP contribution is -2.02. The maximum Gasteiger partial charge on any atom is 0.122 e. The SMILES string of the molecule is Cc1ccc(C)c(OCCc2ccc(C#N)cc2)c1. The van der Waals surface area contributed by atoms with Crippen molar-refractivity contribution in [1.29, 1.82) is 5.26 Å². The number of hydrogen-bond donors (Lipinski definition) is 0. The standard InChI is InChI=1S/C17H17NO/c1-13-3-4-14(2)17(11-13)19-10-9-15-5-7-16(12-18)8-6-15/h3-8,11H,9-10H2,1-2H3. The Hall–Kier alpha value is -2.27. The molecular formula is C17H17NO. The van der Waals surface area contributed by atoms with Crippen LogP contribution in [-0.4, -0.2) is 6.61 Å². The van der Waals surface area contributed by atoms with Gasteiger partial charge < -0.3 is 4.74 Å². The van der Waals surface area contributed by atoms with Crippen LogP contribution in [0.5, 0.6) is 5.75 Å².